The van der Waals surface area contributed by atoms with Crippen LogP contribution in [0.25, 0.3) is 0 Å². The molecule has 0 heterocycles. The molecule has 0 radical (unpaired) electrons. The summed E-state index contributed by atoms with van der Waals surface area (Å²) in [4.78, 5) is 11.7. The van der Waals surface area contributed by atoms with Crippen molar-refractivity contribution in [3.05, 3.63) is 23.2 Å². The van der Waals surface area contributed by atoms with Gasteiger partial charge < -0.3 is 20.5 Å². The molecular formula is C14H19ClF2N2O3. The highest BCUT2D eigenvalue weighted by molar-refractivity contribution is 6.32. The van der Waals surface area contributed by atoms with Crippen LogP contribution in [-0.4, -0.2) is 30.4 Å². The number of alkyl halides is 2. The second kappa shape index (κ2) is 8.75. The SMILES string of the molecule is C[C@H](CNC(=O)Nc1ccc(OC(F)F)c(Cl)c1)C[C@@H](C)O. The number of benzene rings is 1. The van der Waals surface area contributed by atoms with E-state index in [2.05, 4.69) is 15.4 Å². The lowest BCUT2D eigenvalue weighted by molar-refractivity contribution is -0.0497. The van der Waals surface area contributed by atoms with Crippen LogP contribution in [0.2, 0.25) is 5.02 Å². The maximum Gasteiger partial charge on any atom is 0.387 e. The number of aliphatic hydroxyl groups is 1. The van der Waals surface area contributed by atoms with Gasteiger partial charge in [0.1, 0.15) is 5.75 Å². The summed E-state index contributed by atoms with van der Waals surface area (Å²) in [6, 6.07) is 3.52. The summed E-state index contributed by atoms with van der Waals surface area (Å²) in [5.41, 5.74) is 0.354. The minimum Gasteiger partial charge on any atom is -0.433 e. The van der Waals surface area contributed by atoms with Crippen molar-refractivity contribution in [1.29, 1.82) is 0 Å². The summed E-state index contributed by atoms with van der Waals surface area (Å²) in [6.45, 7) is 1.02. The summed E-state index contributed by atoms with van der Waals surface area (Å²) in [6.07, 6.45) is 0.146. The Hall–Kier alpha value is -1.60. The van der Waals surface area contributed by atoms with Crippen LogP contribution in [0.3, 0.4) is 0 Å². The molecule has 0 aliphatic rings. The molecule has 124 valence electrons. The number of urea groups is 1. The zero-order valence-electron chi connectivity index (χ0n) is 12.3. The largest absolute Gasteiger partial charge is 0.433 e. The van der Waals surface area contributed by atoms with Gasteiger partial charge >= 0.3 is 12.6 Å². The standard InChI is InChI=1S/C14H19ClF2N2O3/c1-8(5-9(2)20)7-18-14(21)19-10-3-4-12(11(15)6-10)22-13(16)17/h3-4,6,8-9,13,20H,5,7H2,1-2H3,(H2,18,19,21)/t8-,9+/m0/s1. The van der Waals surface area contributed by atoms with Gasteiger partial charge in [-0.1, -0.05) is 18.5 Å². The predicted octanol–water partition coefficient (Wildman–Crippen LogP) is 3.47. The lowest BCUT2D eigenvalue weighted by Gasteiger charge is -2.15. The first kappa shape index (κ1) is 18.4. The highest BCUT2D eigenvalue weighted by Crippen LogP contribution is 2.28. The number of carbonyl (C=O) groups is 1. The molecule has 5 nitrogen and oxygen atoms in total. The molecule has 1 aromatic rings. The zero-order chi connectivity index (χ0) is 16.7. The van der Waals surface area contributed by atoms with E-state index < -0.39 is 18.7 Å². The molecule has 2 amide bonds. The molecule has 1 rings (SSSR count). The van der Waals surface area contributed by atoms with Crippen LogP contribution < -0.4 is 15.4 Å². The number of nitrogens with one attached hydrogen (secondary N) is 2. The Kier molecular flexibility index (Phi) is 7.34. The topological polar surface area (TPSA) is 70.6 Å². The van der Waals surface area contributed by atoms with Gasteiger partial charge in [0.05, 0.1) is 11.1 Å². The Morgan fingerprint density at radius 3 is 2.64 bits per heavy atom. The quantitative estimate of drug-likeness (QED) is 0.714. The lowest BCUT2D eigenvalue weighted by atomic mass is 10.1. The molecule has 0 unspecified atom stereocenters. The Balaban J connectivity index is 2.49. The molecule has 0 spiro atoms. The summed E-state index contributed by atoms with van der Waals surface area (Å²) >= 11 is 5.78. The zero-order valence-corrected chi connectivity index (χ0v) is 13.0. The van der Waals surface area contributed by atoms with E-state index >= 15 is 0 Å². The van der Waals surface area contributed by atoms with Crippen molar-refractivity contribution in [1.82, 2.24) is 5.32 Å². The van der Waals surface area contributed by atoms with Crippen molar-refractivity contribution in [3.63, 3.8) is 0 Å². The predicted molar refractivity (Wildman–Crippen MR) is 80.6 cm³/mol. The molecule has 0 saturated heterocycles. The number of anilines is 1. The van der Waals surface area contributed by atoms with Crippen LogP contribution in [0.5, 0.6) is 5.75 Å². The van der Waals surface area contributed by atoms with Crippen molar-refractivity contribution in [3.8, 4) is 5.75 Å². The van der Waals surface area contributed by atoms with E-state index in [1.165, 1.54) is 18.2 Å². The van der Waals surface area contributed by atoms with Crippen LogP contribution in [0.1, 0.15) is 20.3 Å². The van der Waals surface area contributed by atoms with E-state index in [1.54, 1.807) is 6.92 Å². The normalized spacial score (nSPS) is 13.6. The third-order valence-corrected chi connectivity index (χ3v) is 3.06. The number of carbonyl (C=O) groups excluding carboxylic acids is 1. The summed E-state index contributed by atoms with van der Waals surface area (Å²) in [5, 5.41) is 14.4. The summed E-state index contributed by atoms with van der Waals surface area (Å²) in [5.74, 6) is -0.0377. The van der Waals surface area contributed by atoms with Gasteiger partial charge in [0.25, 0.3) is 0 Å². The van der Waals surface area contributed by atoms with Crippen LogP contribution >= 0.6 is 11.6 Å². The molecule has 0 saturated carbocycles. The summed E-state index contributed by atoms with van der Waals surface area (Å²) in [7, 11) is 0. The van der Waals surface area contributed by atoms with Crippen LogP contribution in [0.15, 0.2) is 18.2 Å². The summed E-state index contributed by atoms with van der Waals surface area (Å²) < 4.78 is 28.4. The van der Waals surface area contributed by atoms with Crippen molar-refractivity contribution in [2.24, 2.45) is 5.92 Å². The van der Waals surface area contributed by atoms with Gasteiger partial charge in [0, 0.05) is 12.2 Å². The molecule has 1 aromatic carbocycles. The molecule has 2 atom stereocenters. The molecule has 0 aliphatic heterocycles. The van der Waals surface area contributed by atoms with Gasteiger partial charge in [0.15, 0.2) is 0 Å². The van der Waals surface area contributed by atoms with Gasteiger partial charge in [-0.05, 0) is 37.5 Å². The fourth-order valence-electron chi connectivity index (χ4n) is 1.88. The van der Waals surface area contributed by atoms with Gasteiger partial charge in [-0.3, -0.25) is 0 Å². The van der Waals surface area contributed by atoms with E-state index in [4.69, 9.17) is 11.6 Å². The molecular weight excluding hydrogens is 318 g/mol. The number of rotatable bonds is 7. The van der Waals surface area contributed by atoms with Gasteiger partial charge in [-0.15, -0.1) is 0 Å². The first-order valence-electron chi connectivity index (χ1n) is 6.75. The number of aliphatic hydroxyl groups excluding tert-OH is 1. The fraction of sp³-hybridized carbons (Fsp3) is 0.500. The Labute approximate surface area is 132 Å². The van der Waals surface area contributed by atoms with Gasteiger partial charge in [-0.2, -0.15) is 8.78 Å². The van der Waals surface area contributed by atoms with Crippen LogP contribution in [-0.2, 0) is 0 Å². The van der Waals surface area contributed by atoms with E-state index in [0.717, 1.165) is 0 Å². The van der Waals surface area contributed by atoms with Crippen LogP contribution in [0.4, 0.5) is 19.3 Å². The maximum atomic E-state index is 12.1. The van der Waals surface area contributed by atoms with Crippen molar-refractivity contribution in [2.45, 2.75) is 33.0 Å². The molecule has 3 N–H and O–H groups in total. The van der Waals surface area contributed by atoms with Crippen molar-refractivity contribution >= 4 is 23.3 Å². The van der Waals surface area contributed by atoms with E-state index in [1.807, 2.05) is 6.92 Å². The third-order valence-electron chi connectivity index (χ3n) is 2.76. The van der Waals surface area contributed by atoms with Gasteiger partial charge in [0.2, 0.25) is 0 Å². The number of hydrogen-bond donors (Lipinski definition) is 3. The first-order chi connectivity index (χ1) is 10.3. The minimum absolute atomic E-state index is 0.0272. The smallest absolute Gasteiger partial charge is 0.387 e. The molecule has 0 fully saturated rings. The second-order valence-corrected chi connectivity index (χ2v) is 5.46. The molecule has 22 heavy (non-hydrogen) atoms. The first-order valence-corrected chi connectivity index (χ1v) is 7.13. The molecule has 0 aliphatic carbocycles. The lowest BCUT2D eigenvalue weighted by Crippen LogP contribution is -2.33. The number of ether oxygens (including phenoxy) is 1. The number of halogens is 3. The molecule has 0 aromatic heterocycles. The Morgan fingerprint density at radius 2 is 2.09 bits per heavy atom. The van der Waals surface area contributed by atoms with E-state index in [-0.39, 0.29) is 16.7 Å². The highest BCUT2D eigenvalue weighted by Gasteiger charge is 2.11. The second-order valence-electron chi connectivity index (χ2n) is 5.05. The number of hydrogen-bond acceptors (Lipinski definition) is 3. The van der Waals surface area contributed by atoms with Crippen LogP contribution in [0, 0.1) is 5.92 Å². The van der Waals surface area contributed by atoms with Crippen molar-refractivity contribution in [2.75, 3.05) is 11.9 Å². The highest BCUT2D eigenvalue weighted by atomic mass is 35.5. The Bertz CT molecular complexity index is 501. The van der Waals surface area contributed by atoms with Crippen molar-refractivity contribution < 1.29 is 23.4 Å². The average molecular weight is 337 g/mol. The minimum atomic E-state index is -2.96. The fourth-order valence-corrected chi connectivity index (χ4v) is 2.10. The maximum absolute atomic E-state index is 12.1. The average Bonchev–Trinajstić information content (AvgIpc) is 2.38. The van der Waals surface area contributed by atoms with Gasteiger partial charge in [-0.25, -0.2) is 4.79 Å². The molecule has 8 heteroatoms. The van der Waals surface area contributed by atoms with E-state index in [9.17, 15) is 18.7 Å². The third kappa shape index (κ3) is 6.91. The monoisotopic (exact) mass is 336 g/mol. The molecule has 0 bridgehead atoms. The number of amides is 2. The van der Waals surface area contributed by atoms with E-state index in [0.29, 0.717) is 18.7 Å². The Morgan fingerprint density at radius 1 is 1.41 bits per heavy atom.